The third-order valence-corrected chi connectivity index (χ3v) is 6.83. The Labute approximate surface area is 186 Å². The number of rotatable bonds is 8. The van der Waals surface area contributed by atoms with E-state index in [-0.39, 0.29) is 11.8 Å². The number of unbranched alkanes of at least 4 members (excludes halogenated alkanes) is 2. The van der Waals surface area contributed by atoms with E-state index in [1.807, 2.05) is 47.9 Å². The third kappa shape index (κ3) is 6.01. The van der Waals surface area contributed by atoms with Crippen molar-refractivity contribution in [3.8, 4) is 0 Å². The number of thiophene rings is 1. The smallest absolute Gasteiger partial charge is 0.266 e. The summed E-state index contributed by atoms with van der Waals surface area (Å²) in [5.74, 6) is -0.0109. The number of hydrogen-bond acceptors (Lipinski definition) is 5. The zero-order valence-electron chi connectivity index (χ0n) is 15.0. The van der Waals surface area contributed by atoms with Crippen LogP contribution in [-0.2, 0) is 9.59 Å². The van der Waals surface area contributed by atoms with Crippen molar-refractivity contribution in [1.29, 1.82) is 0 Å². The third-order valence-electron chi connectivity index (χ3n) is 4.10. The lowest BCUT2D eigenvalue weighted by Crippen LogP contribution is -2.29. The molecule has 28 heavy (non-hydrogen) atoms. The van der Waals surface area contributed by atoms with Gasteiger partial charge in [-0.05, 0) is 54.6 Å². The Morgan fingerprint density at radius 3 is 2.68 bits per heavy atom. The molecule has 1 aromatic carbocycles. The first-order chi connectivity index (χ1) is 13.5. The fraction of sp³-hybridized carbons (Fsp3) is 0.250. The van der Waals surface area contributed by atoms with Crippen molar-refractivity contribution < 1.29 is 9.59 Å². The van der Waals surface area contributed by atoms with Crippen LogP contribution in [0.15, 0.2) is 51.2 Å². The van der Waals surface area contributed by atoms with Crippen LogP contribution in [0.25, 0.3) is 6.08 Å². The minimum Gasteiger partial charge on any atom is -0.326 e. The van der Waals surface area contributed by atoms with Gasteiger partial charge in [-0.25, -0.2) is 0 Å². The first-order valence-electron chi connectivity index (χ1n) is 8.87. The van der Waals surface area contributed by atoms with Crippen molar-refractivity contribution in [3.05, 3.63) is 56.0 Å². The van der Waals surface area contributed by atoms with Crippen molar-refractivity contribution in [3.63, 3.8) is 0 Å². The number of halogens is 1. The van der Waals surface area contributed by atoms with Crippen LogP contribution in [0.4, 0.5) is 5.69 Å². The number of nitrogens with zero attached hydrogens (tertiary/aromatic N) is 1. The molecular formula is C20H19BrN2O2S3. The first-order valence-corrected chi connectivity index (χ1v) is 11.8. The summed E-state index contributed by atoms with van der Waals surface area (Å²) in [5, 5.41) is 4.87. The van der Waals surface area contributed by atoms with Gasteiger partial charge in [0.05, 0.1) is 4.91 Å². The molecular weight excluding hydrogens is 476 g/mol. The van der Waals surface area contributed by atoms with Crippen LogP contribution in [0.3, 0.4) is 0 Å². The highest BCUT2D eigenvalue weighted by molar-refractivity contribution is 9.10. The molecule has 1 saturated heterocycles. The molecule has 3 rings (SSSR count). The molecule has 0 saturated carbocycles. The molecule has 0 bridgehead atoms. The molecule has 146 valence electrons. The zero-order chi connectivity index (χ0) is 19.9. The number of thiocarbonyl (C=S) groups is 1. The summed E-state index contributed by atoms with van der Waals surface area (Å²) < 4.78 is 1.59. The molecule has 1 N–H and O–H groups in total. The van der Waals surface area contributed by atoms with Crippen LogP contribution in [0.5, 0.6) is 0 Å². The van der Waals surface area contributed by atoms with Crippen LogP contribution < -0.4 is 5.32 Å². The zero-order valence-corrected chi connectivity index (χ0v) is 19.1. The monoisotopic (exact) mass is 494 g/mol. The van der Waals surface area contributed by atoms with E-state index >= 15 is 0 Å². The largest absolute Gasteiger partial charge is 0.326 e. The Morgan fingerprint density at radius 1 is 1.18 bits per heavy atom. The van der Waals surface area contributed by atoms with E-state index in [1.165, 1.54) is 11.8 Å². The fourth-order valence-electron chi connectivity index (χ4n) is 2.68. The highest BCUT2D eigenvalue weighted by Gasteiger charge is 2.31. The summed E-state index contributed by atoms with van der Waals surface area (Å²) in [6.45, 7) is 0.598. The van der Waals surface area contributed by atoms with E-state index in [2.05, 4.69) is 21.2 Å². The van der Waals surface area contributed by atoms with E-state index in [1.54, 1.807) is 16.2 Å². The molecule has 2 heterocycles. The number of amides is 2. The maximum absolute atomic E-state index is 12.5. The van der Waals surface area contributed by atoms with Crippen molar-refractivity contribution in [1.82, 2.24) is 4.90 Å². The van der Waals surface area contributed by atoms with Crippen molar-refractivity contribution in [2.75, 3.05) is 11.9 Å². The van der Waals surface area contributed by atoms with Gasteiger partial charge in [-0.2, -0.15) is 0 Å². The highest BCUT2D eigenvalue weighted by atomic mass is 79.9. The number of carbonyl (C=O) groups excluding carboxylic acids is 2. The molecule has 2 aromatic rings. The topological polar surface area (TPSA) is 49.4 Å². The van der Waals surface area contributed by atoms with E-state index < -0.39 is 0 Å². The van der Waals surface area contributed by atoms with Gasteiger partial charge < -0.3 is 5.32 Å². The molecule has 8 heteroatoms. The molecule has 1 fully saturated rings. The number of anilines is 1. The summed E-state index contributed by atoms with van der Waals surface area (Å²) >= 11 is 11.7. The normalized spacial score (nSPS) is 15.5. The van der Waals surface area contributed by atoms with Gasteiger partial charge in [0.25, 0.3) is 5.91 Å². The summed E-state index contributed by atoms with van der Waals surface area (Å²) in [7, 11) is 0. The maximum atomic E-state index is 12.5. The van der Waals surface area contributed by atoms with Crippen LogP contribution in [0, 0.1) is 0 Å². The van der Waals surface area contributed by atoms with Crippen LogP contribution >= 0.6 is 51.2 Å². The van der Waals surface area contributed by atoms with Gasteiger partial charge in [-0.3, -0.25) is 14.5 Å². The molecule has 0 spiro atoms. The molecule has 4 nitrogen and oxygen atoms in total. The van der Waals surface area contributed by atoms with Crippen LogP contribution in [-0.4, -0.2) is 27.6 Å². The summed E-state index contributed by atoms with van der Waals surface area (Å²) in [4.78, 5) is 27.9. The van der Waals surface area contributed by atoms with Gasteiger partial charge in [0, 0.05) is 28.0 Å². The van der Waals surface area contributed by atoms with Gasteiger partial charge in [-0.1, -0.05) is 52.4 Å². The van der Waals surface area contributed by atoms with Gasteiger partial charge in [0.1, 0.15) is 4.32 Å². The van der Waals surface area contributed by atoms with Crippen LogP contribution in [0.1, 0.15) is 30.6 Å². The molecule has 0 radical (unpaired) electrons. The van der Waals surface area contributed by atoms with E-state index in [0.29, 0.717) is 22.2 Å². The summed E-state index contributed by atoms with van der Waals surface area (Å²) in [6, 6.07) is 11.5. The van der Waals surface area contributed by atoms with Crippen molar-refractivity contribution >= 4 is 79.1 Å². The Morgan fingerprint density at radius 2 is 1.96 bits per heavy atom. The number of carbonyl (C=O) groups is 2. The van der Waals surface area contributed by atoms with E-state index in [9.17, 15) is 9.59 Å². The predicted molar refractivity (Wildman–Crippen MR) is 125 cm³/mol. The van der Waals surface area contributed by atoms with Gasteiger partial charge in [-0.15, -0.1) is 11.3 Å². The number of hydrogen-bond donors (Lipinski definition) is 1. The molecule has 0 unspecified atom stereocenters. The summed E-state index contributed by atoms with van der Waals surface area (Å²) in [6.07, 6.45) is 4.84. The molecule has 0 atom stereocenters. The molecule has 1 aliphatic heterocycles. The fourth-order valence-corrected chi connectivity index (χ4v) is 4.98. The second-order valence-corrected chi connectivity index (χ2v) is 9.79. The van der Waals surface area contributed by atoms with Crippen LogP contribution in [0.2, 0.25) is 0 Å². The summed E-state index contributed by atoms with van der Waals surface area (Å²) in [5.41, 5.74) is 0.795. The molecule has 1 aromatic heterocycles. The van der Waals surface area contributed by atoms with Gasteiger partial charge >= 0.3 is 0 Å². The lowest BCUT2D eigenvalue weighted by atomic mass is 10.1. The number of thioether (sulfide) groups is 1. The minimum absolute atomic E-state index is 0.00631. The highest BCUT2D eigenvalue weighted by Crippen LogP contribution is 2.33. The standard InChI is InChI=1S/C20H19BrN2O2S3/c21-14-7-9-15(10-8-14)22-18(24)6-2-1-3-11-23-19(25)17(28-20(23)26)13-16-5-4-12-27-16/h4-5,7-10,12-13H,1-3,6,11H2,(H,22,24)/b17-13+. The lowest BCUT2D eigenvalue weighted by Gasteiger charge is -2.14. The average molecular weight is 495 g/mol. The Bertz CT molecular complexity index is 879. The van der Waals surface area contributed by atoms with Gasteiger partial charge in [0.2, 0.25) is 5.91 Å². The second-order valence-electron chi connectivity index (χ2n) is 6.21. The Balaban J connectivity index is 1.38. The first kappa shape index (κ1) is 21.2. The second kappa shape index (κ2) is 10.3. The molecule has 0 aliphatic carbocycles. The van der Waals surface area contributed by atoms with Crippen molar-refractivity contribution in [2.45, 2.75) is 25.7 Å². The maximum Gasteiger partial charge on any atom is 0.266 e. The average Bonchev–Trinajstić information content (AvgIpc) is 3.27. The predicted octanol–water partition coefficient (Wildman–Crippen LogP) is 5.91. The lowest BCUT2D eigenvalue weighted by molar-refractivity contribution is -0.122. The quantitative estimate of drug-likeness (QED) is 0.281. The Hall–Kier alpha value is -1.48. The molecule has 2 amide bonds. The Kier molecular flexibility index (Phi) is 7.84. The van der Waals surface area contributed by atoms with E-state index in [4.69, 9.17) is 12.2 Å². The SMILES string of the molecule is O=C(CCCCCN1C(=O)/C(=C\c2cccs2)SC1=S)Nc1ccc(Br)cc1. The van der Waals surface area contributed by atoms with Gasteiger partial charge in [0.15, 0.2) is 0 Å². The minimum atomic E-state index is -0.0172. The van der Waals surface area contributed by atoms with Crippen molar-refractivity contribution in [2.24, 2.45) is 0 Å². The van der Waals surface area contributed by atoms with E-state index in [0.717, 1.165) is 34.3 Å². The molecule has 1 aliphatic rings. The number of benzene rings is 1. The number of nitrogens with one attached hydrogen (secondary N) is 1.